The summed E-state index contributed by atoms with van der Waals surface area (Å²) in [7, 11) is 0. The van der Waals surface area contributed by atoms with Crippen LogP contribution in [0.3, 0.4) is 0 Å². The molecule has 0 saturated carbocycles. The number of aliphatic hydroxyl groups excluding tert-OH is 1. The van der Waals surface area contributed by atoms with E-state index in [1.165, 1.54) is 5.69 Å². The lowest BCUT2D eigenvalue weighted by molar-refractivity contribution is 0.122. The molecule has 2 fully saturated rings. The number of aliphatic hydroxyl groups is 1. The number of rotatable bonds is 3. The van der Waals surface area contributed by atoms with Crippen molar-refractivity contribution in [3.05, 3.63) is 24.3 Å². The summed E-state index contributed by atoms with van der Waals surface area (Å²) in [5.74, 6) is 0. The normalized spacial score (nSPS) is 27.5. The molecule has 0 bridgehead atoms. The summed E-state index contributed by atoms with van der Waals surface area (Å²) >= 11 is 0. The molecule has 2 heterocycles. The molecule has 2 atom stereocenters. The first-order valence-electron chi connectivity index (χ1n) is 6.78. The van der Waals surface area contributed by atoms with Crippen LogP contribution >= 0.6 is 0 Å². The summed E-state index contributed by atoms with van der Waals surface area (Å²) in [5.41, 5.74) is 2.24. The van der Waals surface area contributed by atoms with Crippen LogP contribution in [-0.4, -0.2) is 56.8 Å². The Morgan fingerprint density at radius 2 is 1.79 bits per heavy atom. The van der Waals surface area contributed by atoms with E-state index in [1.54, 1.807) is 0 Å². The Kier molecular flexibility index (Phi) is 3.87. The van der Waals surface area contributed by atoms with Crippen molar-refractivity contribution in [2.24, 2.45) is 0 Å². The van der Waals surface area contributed by atoms with Crippen molar-refractivity contribution < 1.29 is 14.6 Å². The van der Waals surface area contributed by atoms with Gasteiger partial charge in [0.2, 0.25) is 0 Å². The number of ether oxygens (including phenoxy) is 2. The molecule has 3 rings (SSSR count). The van der Waals surface area contributed by atoms with Crippen LogP contribution in [0.5, 0.6) is 0 Å². The van der Waals surface area contributed by atoms with Crippen LogP contribution in [-0.2, 0) is 9.47 Å². The lowest BCUT2D eigenvalue weighted by Crippen LogP contribution is -2.36. The number of benzene rings is 1. The van der Waals surface area contributed by atoms with Gasteiger partial charge in [-0.25, -0.2) is 0 Å². The maximum atomic E-state index is 9.70. The standard InChI is InChI=1S/C14H20N2O3/c17-14-10-19-9-13(14)15-11-1-3-12(4-2-11)16-5-7-18-8-6-16/h1-4,13-15,17H,5-10H2. The van der Waals surface area contributed by atoms with E-state index in [0.717, 1.165) is 32.0 Å². The number of hydrogen-bond donors (Lipinski definition) is 2. The molecule has 0 spiro atoms. The molecule has 2 unspecified atom stereocenters. The molecule has 5 nitrogen and oxygen atoms in total. The Bertz CT molecular complexity index is 404. The van der Waals surface area contributed by atoms with E-state index >= 15 is 0 Å². The highest BCUT2D eigenvalue weighted by Crippen LogP contribution is 2.20. The summed E-state index contributed by atoms with van der Waals surface area (Å²) in [6.07, 6.45) is -0.418. The van der Waals surface area contributed by atoms with Crippen molar-refractivity contribution in [1.29, 1.82) is 0 Å². The van der Waals surface area contributed by atoms with Gasteiger partial charge in [0.15, 0.2) is 0 Å². The molecule has 0 amide bonds. The summed E-state index contributed by atoms with van der Waals surface area (Å²) in [4.78, 5) is 2.32. The quantitative estimate of drug-likeness (QED) is 0.841. The van der Waals surface area contributed by atoms with Gasteiger partial charge in [-0.3, -0.25) is 0 Å². The Labute approximate surface area is 113 Å². The maximum Gasteiger partial charge on any atom is 0.0996 e. The molecular formula is C14H20N2O3. The predicted molar refractivity (Wildman–Crippen MR) is 73.7 cm³/mol. The number of morpholine rings is 1. The second kappa shape index (κ2) is 5.77. The van der Waals surface area contributed by atoms with Crippen LogP contribution < -0.4 is 10.2 Å². The molecule has 5 heteroatoms. The molecule has 2 saturated heterocycles. The van der Waals surface area contributed by atoms with Gasteiger partial charge in [-0.1, -0.05) is 0 Å². The van der Waals surface area contributed by atoms with Gasteiger partial charge in [-0.05, 0) is 24.3 Å². The zero-order valence-electron chi connectivity index (χ0n) is 10.9. The monoisotopic (exact) mass is 264 g/mol. The van der Waals surface area contributed by atoms with Crippen molar-refractivity contribution in [2.75, 3.05) is 49.7 Å². The third kappa shape index (κ3) is 3.00. The van der Waals surface area contributed by atoms with Crippen LogP contribution in [0, 0.1) is 0 Å². The molecule has 0 radical (unpaired) electrons. The first kappa shape index (κ1) is 12.7. The van der Waals surface area contributed by atoms with Gasteiger partial charge in [0, 0.05) is 24.5 Å². The highest BCUT2D eigenvalue weighted by molar-refractivity contribution is 5.55. The van der Waals surface area contributed by atoms with Gasteiger partial charge >= 0.3 is 0 Å². The molecule has 1 aromatic carbocycles. The minimum absolute atomic E-state index is 0.00534. The van der Waals surface area contributed by atoms with E-state index in [1.807, 2.05) is 0 Å². The van der Waals surface area contributed by atoms with Crippen LogP contribution in [0.25, 0.3) is 0 Å². The topological polar surface area (TPSA) is 54.0 Å². The molecular weight excluding hydrogens is 244 g/mol. The van der Waals surface area contributed by atoms with Gasteiger partial charge in [0.25, 0.3) is 0 Å². The Balaban J connectivity index is 1.61. The maximum absolute atomic E-state index is 9.70. The minimum Gasteiger partial charge on any atom is -0.388 e. The third-order valence-electron chi connectivity index (χ3n) is 3.65. The third-order valence-corrected chi connectivity index (χ3v) is 3.65. The Morgan fingerprint density at radius 1 is 1.05 bits per heavy atom. The largest absolute Gasteiger partial charge is 0.388 e. The molecule has 0 aliphatic carbocycles. The average molecular weight is 264 g/mol. The van der Waals surface area contributed by atoms with E-state index in [-0.39, 0.29) is 6.04 Å². The highest BCUT2D eigenvalue weighted by atomic mass is 16.5. The number of nitrogens with zero attached hydrogens (tertiary/aromatic N) is 1. The molecule has 0 aromatic heterocycles. The fraction of sp³-hybridized carbons (Fsp3) is 0.571. The van der Waals surface area contributed by atoms with Crippen molar-refractivity contribution in [3.63, 3.8) is 0 Å². The minimum atomic E-state index is -0.418. The van der Waals surface area contributed by atoms with Crippen LogP contribution in [0.1, 0.15) is 0 Å². The summed E-state index contributed by atoms with van der Waals surface area (Å²) < 4.78 is 10.6. The average Bonchev–Trinajstić information content (AvgIpc) is 2.86. The highest BCUT2D eigenvalue weighted by Gasteiger charge is 2.25. The first-order chi connectivity index (χ1) is 9.33. The Hall–Kier alpha value is -1.30. The van der Waals surface area contributed by atoms with Gasteiger partial charge in [-0.15, -0.1) is 0 Å². The van der Waals surface area contributed by atoms with E-state index < -0.39 is 6.10 Å². The Morgan fingerprint density at radius 3 is 2.42 bits per heavy atom. The zero-order valence-corrected chi connectivity index (χ0v) is 10.9. The van der Waals surface area contributed by atoms with E-state index in [9.17, 15) is 5.11 Å². The second-order valence-electron chi connectivity index (χ2n) is 5.00. The summed E-state index contributed by atoms with van der Waals surface area (Å²) in [6, 6.07) is 8.31. The molecule has 2 N–H and O–H groups in total. The van der Waals surface area contributed by atoms with Crippen molar-refractivity contribution in [2.45, 2.75) is 12.1 Å². The molecule has 1 aromatic rings. The lowest BCUT2D eigenvalue weighted by atomic mass is 10.2. The second-order valence-corrected chi connectivity index (χ2v) is 5.00. The van der Waals surface area contributed by atoms with Crippen LogP contribution in [0.4, 0.5) is 11.4 Å². The van der Waals surface area contributed by atoms with Crippen LogP contribution in [0.2, 0.25) is 0 Å². The lowest BCUT2D eigenvalue weighted by Gasteiger charge is -2.29. The molecule has 2 aliphatic heterocycles. The van der Waals surface area contributed by atoms with Gasteiger partial charge in [-0.2, -0.15) is 0 Å². The predicted octanol–water partition coefficient (Wildman–Crippen LogP) is 0.695. The smallest absolute Gasteiger partial charge is 0.0996 e. The van der Waals surface area contributed by atoms with Gasteiger partial charge < -0.3 is 24.8 Å². The summed E-state index contributed by atoms with van der Waals surface area (Å²) in [6.45, 7) is 4.47. The van der Waals surface area contributed by atoms with Crippen LogP contribution in [0.15, 0.2) is 24.3 Å². The zero-order chi connectivity index (χ0) is 13.1. The van der Waals surface area contributed by atoms with Gasteiger partial charge in [0.05, 0.1) is 38.6 Å². The molecule has 19 heavy (non-hydrogen) atoms. The van der Waals surface area contributed by atoms with E-state index in [4.69, 9.17) is 9.47 Å². The van der Waals surface area contributed by atoms with Gasteiger partial charge in [0.1, 0.15) is 0 Å². The molecule has 104 valence electrons. The van der Waals surface area contributed by atoms with Crippen molar-refractivity contribution in [1.82, 2.24) is 0 Å². The number of nitrogens with one attached hydrogen (secondary N) is 1. The SMILES string of the molecule is OC1COCC1Nc1ccc(N2CCOCC2)cc1. The number of hydrogen-bond acceptors (Lipinski definition) is 5. The van der Waals surface area contributed by atoms with Crippen molar-refractivity contribution in [3.8, 4) is 0 Å². The fourth-order valence-corrected chi connectivity index (χ4v) is 2.48. The first-order valence-corrected chi connectivity index (χ1v) is 6.78. The fourth-order valence-electron chi connectivity index (χ4n) is 2.48. The number of anilines is 2. The van der Waals surface area contributed by atoms with E-state index in [2.05, 4.69) is 34.5 Å². The van der Waals surface area contributed by atoms with Crippen molar-refractivity contribution >= 4 is 11.4 Å². The summed E-state index contributed by atoms with van der Waals surface area (Å²) in [5, 5.41) is 13.0. The van der Waals surface area contributed by atoms with E-state index in [0.29, 0.717) is 13.2 Å². The molecule has 2 aliphatic rings.